The second-order valence-corrected chi connectivity index (χ2v) is 4.57. The van der Waals surface area contributed by atoms with Gasteiger partial charge in [0.1, 0.15) is 11.5 Å². The summed E-state index contributed by atoms with van der Waals surface area (Å²) in [4.78, 5) is 27.5. The van der Waals surface area contributed by atoms with Gasteiger partial charge in [-0.25, -0.2) is 4.39 Å². The number of aromatic amines is 1. The van der Waals surface area contributed by atoms with Crippen LogP contribution in [0.5, 0.6) is 0 Å². The number of carbonyl (C=O) groups excluding carboxylic acids is 1. The van der Waals surface area contributed by atoms with E-state index in [1.807, 2.05) is 6.92 Å². The van der Waals surface area contributed by atoms with Gasteiger partial charge in [-0.2, -0.15) is 0 Å². The number of carbonyl (C=O) groups is 1. The fourth-order valence-corrected chi connectivity index (χ4v) is 1.90. The Hall–Kier alpha value is -2.43. The third kappa shape index (κ3) is 2.93. The zero-order valence-electron chi connectivity index (χ0n) is 11.3. The maximum absolute atomic E-state index is 12.9. The first-order valence-corrected chi connectivity index (χ1v) is 6.21. The van der Waals surface area contributed by atoms with Crippen LogP contribution in [0.25, 0.3) is 0 Å². The Morgan fingerprint density at radius 3 is 2.45 bits per heavy atom. The number of nitrogens with one attached hydrogen (secondary N) is 1. The lowest BCUT2D eigenvalue weighted by Crippen LogP contribution is -2.31. The Labute approximate surface area is 115 Å². The van der Waals surface area contributed by atoms with Gasteiger partial charge in [-0.15, -0.1) is 0 Å². The van der Waals surface area contributed by atoms with Gasteiger partial charge >= 0.3 is 0 Å². The van der Waals surface area contributed by atoms with Crippen LogP contribution in [0.2, 0.25) is 0 Å². The predicted molar refractivity (Wildman–Crippen MR) is 74.0 cm³/mol. The molecule has 0 spiro atoms. The summed E-state index contributed by atoms with van der Waals surface area (Å²) in [5, 5.41) is 0. The first-order valence-electron chi connectivity index (χ1n) is 6.21. The van der Waals surface area contributed by atoms with Crippen molar-refractivity contribution in [3.63, 3.8) is 0 Å². The number of rotatable bonds is 3. The zero-order chi connectivity index (χ0) is 14.7. The van der Waals surface area contributed by atoms with Crippen molar-refractivity contribution in [1.29, 1.82) is 0 Å². The SMILES string of the molecule is CC(c1ccc(F)cc1)N(C)C(=O)c1cccc(=O)[nH]1. The molecule has 2 aromatic rings. The first kappa shape index (κ1) is 14.0. The van der Waals surface area contributed by atoms with Gasteiger partial charge in [0.15, 0.2) is 0 Å². The number of hydrogen-bond donors (Lipinski definition) is 1. The van der Waals surface area contributed by atoms with Crippen molar-refractivity contribution in [3.05, 3.63) is 69.9 Å². The van der Waals surface area contributed by atoms with Gasteiger partial charge in [0, 0.05) is 13.1 Å². The van der Waals surface area contributed by atoms with E-state index in [0.717, 1.165) is 5.56 Å². The van der Waals surface area contributed by atoms with E-state index in [4.69, 9.17) is 0 Å². The fourth-order valence-electron chi connectivity index (χ4n) is 1.90. The molecule has 1 N–H and O–H groups in total. The highest BCUT2D eigenvalue weighted by molar-refractivity contribution is 5.92. The Morgan fingerprint density at radius 2 is 1.85 bits per heavy atom. The summed E-state index contributed by atoms with van der Waals surface area (Å²) in [7, 11) is 1.64. The molecule has 1 atom stereocenters. The lowest BCUT2D eigenvalue weighted by atomic mass is 10.1. The molecule has 0 saturated carbocycles. The minimum absolute atomic E-state index is 0.230. The minimum Gasteiger partial charge on any atom is -0.334 e. The molecule has 5 heteroatoms. The summed E-state index contributed by atoms with van der Waals surface area (Å²) >= 11 is 0. The van der Waals surface area contributed by atoms with Crippen molar-refractivity contribution in [1.82, 2.24) is 9.88 Å². The quantitative estimate of drug-likeness (QED) is 0.934. The summed E-state index contributed by atoms with van der Waals surface area (Å²) in [5.74, 6) is -0.609. The third-order valence-electron chi connectivity index (χ3n) is 3.25. The Kier molecular flexibility index (Phi) is 3.98. The maximum Gasteiger partial charge on any atom is 0.270 e. The van der Waals surface area contributed by atoms with Crippen molar-refractivity contribution in [2.75, 3.05) is 7.05 Å². The average Bonchev–Trinajstić information content (AvgIpc) is 2.46. The average molecular weight is 274 g/mol. The van der Waals surface area contributed by atoms with Gasteiger partial charge in [-0.1, -0.05) is 18.2 Å². The van der Waals surface area contributed by atoms with Crippen LogP contribution in [0.1, 0.15) is 29.0 Å². The fraction of sp³-hybridized carbons (Fsp3) is 0.200. The monoisotopic (exact) mass is 274 g/mol. The summed E-state index contributed by atoms with van der Waals surface area (Å²) in [6.45, 7) is 1.84. The second-order valence-electron chi connectivity index (χ2n) is 4.57. The number of amides is 1. The highest BCUT2D eigenvalue weighted by atomic mass is 19.1. The molecule has 1 aromatic carbocycles. The second kappa shape index (κ2) is 5.69. The summed E-state index contributed by atoms with van der Waals surface area (Å²) < 4.78 is 12.9. The Morgan fingerprint density at radius 1 is 1.20 bits per heavy atom. The molecule has 0 bridgehead atoms. The summed E-state index contributed by atoms with van der Waals surface area (Å²) in [5.41, 5.74) is 0.730. The lowest BCUT2D eigenvalue weighted by Gasteiger charge is -2.25. The van der Waals surface area contributed by atoms with Gasteiger partial charge in [0.05, 0.1) is 6.04 Å². The molecule has 4 nitrogen and oxygen atoms in total. The molecule has 0 aliphatic rings. The lowest BCUT2D eigenvalue weighted by molar-refractivity contribution is 0.0736. The van der Waals surface area contributed by atoms with E-state index in [9.17, 15) is 14.0 Å². The molecule has 2 rings (SSSR count). The molecule has 1 heterocycles. The number of hydrogen-bond acceptors (Lipinski definition) is 2. The largest absolute Gasteiger partial charge is 0.334 e. The molecule has 0 aliphatic heterocycles. The predicted octanol–water partition coefficient (Wildman–Crippen LogP) is 2.35. The number of aromatic nitrogens is 1. The van der Waals surface area contributed by atoms with Crippen molar-refractivity contribution in [2.24, 2.45) is 0 Å². The molecule has 20 heavy (non-hydrogen) atoms. The van der Waals surface area contributed by atoms with Crippen molar-refractivity contribution in [3.8, 4) is 0 Å². The maximum atomic E-state index is 12.9. The molecule has 0 radical (unpaired) electrons. The third-order valence-corrected chi connectivity index (χ3v) is 3.25. The Balaban J connectivity index is 2.22. The molecular formula is C15H15FN2O2. The minimum atomic E-state index is -0.321. The smallest absolute Gasteiger partial charge is 0.270 e. The molecule has 1 unspecified atom stereocenters. The standard InChI is InChI=1S/C15H15FN2O2/c1-10(11-6-8-12(16)9-7-11)18(2)15(20)13-4-3-5-14(19)17-13/h3-10H,1-2H3,(H,17,19). The van der Waals surface area contributed by atoms with Crippen LogP contribution in [0, 0.1) is 5.82 Å². The number of H-pyrrole nitrogens is 1. The molecule has 1 aromatic heterocycles. The molecule has 1 amide bonds. The van der Waals surface area contributed by atoms with E-state index < -0.39 is 0 Å². The van der Waals surface area contributed by atoms with Crippen LogP contribution in [0.3, 0.4) is 0 Å². The first-order chi connectivity index (χ1) is 9.49. The van der Waals surface area contributed by atoms with E-state index >= 15 is 0 Å². The molecule has 104 valence electrons. The van der Waals surface area contributed by atoms with E-state index in [2.05, 4.69) is 4.98 Å². The van der Waals surface area contributed by atoms with Crippen LogP contribution in [-0.4, -0.2) is 22.8 Å². The van der Waals surface area contributed by atoms with Crippen LogP contribution in [0.15, 0.2) is 47.3 Å². The molecular weight excluding hydrogens is 259 g/mol. The number of benzene rings is 1. The summed E-state index contributed by atoms with van der Waals surface area (Å²) in [6, 6.07) is 10.2. The van der Waals surface area contributed by atoms with Gasteiger partial charge < -0.3 is 9.88 Å². The van der Waals surface area contributed by atoms with Crippen LogP contribution in [-0.2, 0) is 0 Å². The summed E-state index contributed by atoms with van der Waals surface area (Å²) in [6.07, 6.45) is 0. The van der Waals surface area contributed by atoms with Gasteiger partial charge in [0.2, 0.25) is 5.56 Å². The van der Waals surface area contributed by atoms with Crippen LogP contribution >= 0.6 is 0 Å². The van der Waals surface area contributed by atoms with Gasteiger partial charge in [0.25, 0.3) is 5.91 Å². The van der Waals surface area contributed by atoms with E-state index in [-0.39, 0.29) is 29.0 Å². The van der Waals surface area contributed by atoms with E-state index in [0.29, 0.717) is 0 Å². The van der Waals surface area contributed by atoms with Gasteiger partial charge in [-0.05, 0) is 30.7 Å². The molecule has 0 saturated heterocycles. The molecule has 0 aliphatic carbocycles. The normalized spacial score (nSPS) is 11.9. The Bertz CT molecular complexity index is 664. The number of halogens is 1. The van der Waals surface area contributed by atoms with Crippen LogP contribution < -0.4 is 5.56 Å². The van der Waals surface area contributed by atoms with Gasteiger partial charge in [-0.3, -0.25) is 9.59 Å². The van der Waals surface area contributed by atoms with Crippen molar-refractivity contribution in [2.45, 2.75) is 13.0 Å². The van der Waals surface area contributed by atoms with E-state index in [1.165, 1.54) is 29.2 Å². The van der Waals surface area contributed by atoms with Crippen molar-refractivity contribution >= 4 is 5.91 Å². The molecule has 0 fully saturated rings. The van der Waals surface area contributed by atoms with Crippen LogP contribution in [0.4, 0.5) is 4.39 Å². The number of nitrogens with zero attached hydrogens (tertiary/aromatic N) is 1. The highest BCUT2D eigenvalue weighted by Crippen LogP contribution is 2.20. The topological polar surface area (TPSA) is 53.2 Å². The van der Waals surface area contributed by atoms with Crippen molar-refractivity contribution < 1.29 is 9.18 Å². The number of pyridine rings is 1. The van der Waals surface area contributed by atoms with E-state index in [1.54, 1.807) is 25.2 Å². The zero-order valence-corrected chi connectivity index (χ0v) is 11.3. The highest BCUT2D eigenvalue weighted by Gasteiger charge is 2.19.